The Morgan fingerprint density at radius 2 is 1.95 bits per heavy atom. The molecule has 1 aromatic rings. The normalized spacial score (nSPS) is 16.7. The Morgan fingerprint density at radius 3 is 2.57 bits per heavy atom. The number of hydrogen-bond donors (Lipinski definition) is 0. The van der Waals surface area contributed by atoms with Crippen molar-refractivity contribution in [1.82, 2.24) is 9.47 Å². The van der Waals surface area contributed by atoms with Gasteiger partial charge in [-0.25, -0.2) is 0 Å². The predicted octanol–water partition coefficient (Wildman–Crippen LogP) is 2.90. The molecular weight excluding hydrogens is 264 g/mol. The number of Topliss-reactive ketones (excluding diaryl/α,β-unsaturated/α-hetero) is 1. The molecule has 116 valence electrons. The Balaban J connectivity index is 2.10. The minimum absolute atomic E-state index is 0.0169. The third kappa shape index (κ3) is 3.36. The zero-order chi connectivity index (χ0) is 15.6. The van der Waals surface area contributed by atoms with E-state index in [0.29, 0.717) is 19.4 Å². The summed E-state index contributed by atoms with van der Waals surface area (Å²) in [6.07, 6.45) is 3.97. The Hall–Kier alpha value is -1.58. The topological polar surface area (TPSA) is 42.3 Å². The van der Waals surface area contributed by atoms with Gasteiger partial charge in [0.15, 0.2) is 5.78 Å². The number of carbonyl (C=O) groups is 2. The number of carbonyl (C=O) groups excluding carboxylic acids is 2. The summed E-state index contributed by atoms with van der Waals surface area (Å²) in [7, 11) is 0. The van der Waals surface area contributed by atoms with Gasteiger partial charge in [0.05, 0.1) is 0 Å². The van der Waals surface area contributed by atoms with Crippen LogP contribution in [0.25, 0.3) is 0 Å². The summed E-state index contributed by atoms with van der Waals surface area (Å²) in [5.41, 5.74) is 1.97. The first-order chi connectivity index (χ1) is 9.88. The number of rotatable bonds is 5. The molecule has 4 heteroatoms. The van der Waals surface area contributed by atoms with E-state index in [1.54, 1.807) is 0 Å². The molecule has 1 heterocycles. The maximum Gasteiger partial charge on any atom is 0.224 e. The molecular formula is C17H26N2O2. The molecule has 2 rings (SSSR count). The number of hydrogen-bond acceptors (Lipinski definition) is 2. The van der Waals surface area contributed by atoms with Crippen LogP contribution >= 0.6 is 0 Å². The molecule has 21 heavy (non-hydrogen) atoms. The molecule has 0 saturated carbocycles. The quantitative estimate of drug-likeness (QED) is 0.837. The molecule has 0 unspecified atom stereocenters. The van der Waals surface area contributed by atoms with E-state index in [4.69, 9.17) is 0 Å². The lowest BCUT2D eigenvalue weighted by molar-refractivity contribution is -0.131. The second-order valence-electron chi connectivity index (χ2n) is 6.63. The summed E-state index contributed by atoms with van der Waals surface area (Å²) in [5.74, 6) is 0.416. The van der Waals surface area contributed by atoms with Crippen LogP contribution in [0.15, 0.2) is 12.3 Å². The number of aromatic nitrogens is 1. The van der Waals surface area contributed by atoms with Crippen LogP contribution < -0.4 is 0 Å². The molecule has 1 aliphatic carbocycles. The minimum atomic E-state index is 0.0169. The van der Waals surface area contributed by atoms with Crippen LogP contribution in [0, 0.1) is 5.41 Å². The standard InChI is InChI=1S/C17H26N2O2/c1-5-18(6-2)16(21)8-10-19-9-7-13-14(19)11-17(3,4)12-15(13)20/h7,9H,5-6,8,10-12H2,1-4H3. The van der Waals surface area contributed by atoms with Gasteiger partial charge in [-0.1, -0.05) is 13.8 Å². The van der Waals surface area contributed by atoms with Gasteiger partial charge in [-0.3, -0.25) is 9.59 Å². The molecule has 0 spiro atoms. The Bertz CT molecular complexity index is 539. The first-order valence-corrected chi connectivity index (χ1v) is 7.87. The first kappa shape index (κ1) is 15.8. The number of aryl methyl sites for hydroxylation is 1. The van der Waals surface area contributed by atoms with Crippen molar-refractivity contribution in [1.29, 1.82) is 0 Å². The lowest BCUT2D eigenvalue weighted by Crippen LogP contribution is -2.32. The lowest BCUT2D eigenvalue weighted by Gasteiger charge is -2.29. The van der Waals surface area contributed by atoms with E-state index in [9.17, 15) is 9.59 Å². The Kier molecular flexibility index (Phi) is 4.55. The third-order valence-electron chi connectivity index (χ3n) is 4.35. The first-order valence-electron chi connectivity index (χ1n) is 7.87. The van der Waals surface area contributed by atoms with Crippen molar-refractivity contribution >= 4 is 11.7 Å². The fourth-order valence-electron chi connectivity index (χ4n) is 3.16. The van der Waals surface area contributed by atoms with Crippen LogP contribution in [-0.2, 0) is 17.8 Å². The fraction of sp³-hybridized carbons (Fsp3) is 0.647. The molecule has 0 bridgehead atoms. The van der Waals surface area contributed by atoms with E-state index < -0.39 is 0 Å². The lowest BCUT2D eigenvalue weighted by atomic mass is 9.76. The molecule has 4 nitrogen and oxygen atoms in total. The van der Waals surface area contributed by atoms with Gasteiger partial charge in [-0.05, 0) is 31.7 Å². The van der Waals surface area contributed by atoms with Crippen molar-refractivity contribution in [3.8, 4) is 0 Å². The van der Waals surface area contributed by atoms with Gasteiger partial charge >= 0.3 is 0 Å². The highest BCUT2D eigenvalue weighted by molar-refractivity contribution is 5.98. The average Bonchev–Trinajstić information content (AvgIpc) is 2.79. The highest BCUT2D eigenvalue weighted by Crippen LogP contribution is 2.35. The monoisotopic (exact) mass is 290 g/mol. The van der Waals surface area contributed by atoms with E-state index in [2.05, 4.69) is 18.4 Å². The van der Waals surface area contributed by atoms with E-state index in [1.807, 2.05) is 31.0 Å². The van der Waals surface area contributed by atoms with E-state index in [0.717, 1.165) is 30.8 Å². The van der Waals surface area contributed by atoms with Gasteiger partial charge < -0.3 is 9.47 Å². The van der Waals surface area contributed by atoms with Gasteiger partial charge in [-0.2, -0.15) is 0 Å². The van der Waals surface area contributed by atoms with Crippen LogP contribution in [0.3, 0.4) is 0 Å². The van der Waals surface area contributed by atoms with Gasteiger partial charge in [0.25, 0.3) is 0 Å². The number of fused-ring (bicyclic) bond motifs is 1. The molecule has 0 fully saturated rings. The molecule has 0 atom stereocenters. The van der Waals surface area contributed by atoms with Crippen LogP contribution in [0.1, 0.15) is 56.6 Å². The van der Waals surface area contributed by atoms with Crippen LogP contribution in [-0.4, -0.2) is 34.2 Å². The van der Waals surface area contributed by atoms with Crippen molar-refractivity contribution in [3.63, 3.8) is 0 Å². The van der Waals surface area contributed by atoms with Crippen molar-refractivity contribution in [3.05, 3.63) is 23.5 Å². The number of nitrogens with zero attached hydrogens (tertiary/aromatic N) is 2. The summed E-state index contributed by atoms with van der Waals surface area (Å²) >= 11 is 0. The number of ketones is 1. The molecule has 0 saturated heterocycles. The van der Waals surface area contributed by atoms with Gasteiger partial charge in [0.1, 0.15) is 0 Å². The zero-order valence-electron chi connectivity index (χ0n) is 13.6. The highest BCUT2D eigenvalue weighted by atomic mass is 16.2. The smallest absolute Gasteiger partial charge is 0.224 e. The molecule has 0 radical (unpaired) electrons. The van der Waals surface area contributed by atoms with E-state index in [1.165, 1.54) is 0 Å². The van der Waals surface area contributed by atoms with Gasteiger partial charge in [-0.15, -0.1) is 0 Å². The second-order valence-corrected chi connectivity index (χ2v) is 6.63. The SMILES string of the molecule is CCN(CC)C(=O)CCn1ccc2c1CC(C)(C)CC2=O. The average molecular weight is 290 g/mol. The maximum atomic E-state index is 12.2. The molecule has 0 N–H and O–H groups in total. The van der Waals surface area contributed by atoms with Crippen molar-refractivity contribution < 1.29 is 9.59 Å². The third-order valence-corrected chi connectivity index (χ3v) is 4.35. The zero-order valence-corrected chi connectivity index (χ0v) is 13.6. The highest BCUT2D eigenvalue weighted by Gasteiger charge is 2.32. The van der Waals surface area contributed by atoms with Crippen molar-refractivity contribution in [2.45, 2.75) is 53.5 Å². The van der Waals surface area contributed by atoms with E-state index in [-0.39, 0.29) is 17.1 Å². The second kappa shape index (κ2) is 6.04. The van der Waals surface area contributed by atoms with Crippen molar-refractivity contribution in [2.75, 3.05) is 13.1 Å². The fourth-order valence-corrected chi connectivity index (χ4v) is 3.16. The maximum absolute atomic E-state index is 12.2. The largest absolute Gasteiger partial charge is 0.350 e. The Morgan fingerprint density at radius 1 is 1.29 bits per heavy atom. The summed E-state index contributed by atoms with van der Waals surface area (Å²) in [4.78, 5) is 26.1. The van der Waals surface area contributed by atoms with E-state index >= 15 is 0 Å². The summed E-state index contributed by atoms with van der Waals surface area (Å²) in [5, 5.41) is 0. The molecule has 1 aromatic heterocycles. The van der Waals surface area contributed by atoms with Gasteiger partial charge in [0, 0.05) is 49.9 Å². The minimum Gasteiger partial charge on any atom is -0.350 e. The summed E-state index contributed by atoms with van der Waals surface area (Å²) in [6, 6.07) is 1.91. The summed E-state index contributed by atoms with van der Waals surface area (Å²) < 4.78 is 2.09. The van der Waals surface area contributed by atoms with Crippen LogP contribution in [0.2, 0.25) is 0 Å². The molecule has 1 aliphatic rings. The Labute approximate surface area is 127 Å². The molecule has 1 amide bonds. The number of amides is 1. The molecule has 0 aliphatic heterocycles. The van der Waals surface area contributed by atoms with Gasteiger partial charge in [0.2, 0.25) is 5.91 Å². The van der Waals surface area contributed by atoms with Crippen molar-refractivity contribution in [2.24, 2.45) is 5.41 Å². The van der Waals surface area contributed by atoms with Crippen LogP contribution in [0.5, 0.6) is 0 Å². The summed E-state index contributed by atoms with van der Waals surface area (Å²) in [6.45, 7) is 10.4. The molecule has 0 aromatic carbocycles. The predicted molar refractivity (Wildman–Crippen MR) is 83.4 cm³/mol. The van der Waals surface area contributed by atoms with Crippen LogP contribution in [0.4, 0.5) is 0 Å².